The summed E-state index contributed by atoms with van der Waals surface area (Å²) in [5.74, 6) is 0.136. The van der Waals surface area contributed by atoms with Crippen molar-refractivity contribution in [3.8, 4) is 0 Å². The van der Waals surface area contributed by atoms with Crippen molar-refractivity contribution in [1.29, 1.82) is 0 Å². The van der Waals surface area contributed by atoms with E-state index >= 15 is 0 Å². The molecule has 0 radical (unpaired) electrons. The number of imide groups is 1. The van der Waals surface area contributed by atoms with Crippen molar-refractivity contribution in [3.63, 3.8) is 0 Å². The van der Waals surface area contributed by atoms with Crippen LogP contribution in [0.5, 0.6) is 0 Å². The summed E-state index contributed by atoms with van der Waals surface area (Å²) in [5, 5.41) is 3.31. The summed E-state index contributed by atoms with van der Waals surface area (Å²) in [6, 6.07) is 0. The molecule has 0 unspecified atom stereocenters. The van der Waals surface area contributed by atoms with E-state index in [-0.39, 0.29) is 17.2 Å². The zero-order valence-electron chi connectivity index (χ0n) is 12.2. The molecule has 112 valence electrons. The predicted octanol–water partition coefficient (Wildman–Crippen LogP) is 0.601. The number of carbonyl (C=O) groups excluding carboxylic acids is 2. The lowest BCUT2D eigenvalue weighted by Crippen LogP contribution is -2.51. The first-order valence-corrected chi connectivity index (χ1v) is 7.95. The van der Waals surface area contributed by atoms with E-state index in [1.165, 1.54) is 17.7 Å². The number of nitrogens with zero attached hydrogens (tertiary/aromatic N) is 2. The van der Waals surface area contributed by atoms with Crippen LogP contribution in [0.1, 0.15) is 38.5 Å². The number of amides is 2. The van der Waals surface area contributed by atoms with Crippen LogP contribution in [0.15, 0.2) is 0 Å². The Kier molecular flexibility index (Phi) is 4.08. The van der Waals surface area contributed by atoms with Crippen LogP contribution in [0.2, 0.25) is 0 Å². The molecule has 2 saturated heterocycles. The van der Waals surface area contributed by atoms with E-state index in [1.807, 2.05) is 0 Å². The highest BCUT2D eigenvalue weighted by atomic mass is 16.2. The van der Waals surface area contributed by atoms with Gasteiger partial charge in [0.05, 0.1) is 0 Å². The van der Waals surface area contributed by atoms with Gasteiger partial charge in [0.2, 0.25) is 11.8 Å². The Labute approximate surface area is 120 Å². The summed E-state index contributed by atoms with van der Waals surface area (Å²) in [6.45, 7) is 5.44. The lowest BCUT2D eigenvalue weighted by Gasteiger charge is -2.38. The second-order valence-electron chi connectivity index (χ2n) is 6.59. The third-order valence-electron chi connectivity index (χ3n) is 5.17. The first-order chi connectivity index (χ1) is 9.69. The van der Waals surface area contributed by atoms with E-state index in [4.69, 9.17) is 0 Å². The molecule has 20 heavy (non-hydrogen) atoms. The molecule has 0 atom stereocenters. The molecule has 0 aromatic heterocycles. The average Bonchev–Trinajstić information content (AvgIpc) is 2.86. The first kappa shape index (κ1) is 14.0. The van der Waals surface area contributed by atoms with Gasteiger partial charge in [-0.25, -0.2) is 0 Å². The highest BCUT2D eigenvalue weighted by Crippen LogP contribution is 2.46. The fourth-order valence-electron chi connectivity index (χ4n) is 3.94. The SMILES string of the molecule is O=C1CC2(CCCC2)CC(=O)N1CCN1CCNCC1. The largest absolute Gasteiger partial charge is 0.314 e. The van der Waals surface area contributed by atoms with E-state index in [0.717, 1.165) is 45.6 Å². The summed E-state index contributed by atoms with van der Waals surface area (Å²) in [5.41, 5.74) is 0.0275. The van der Waals surface area contributed by atoms with Gasteiger partial charge < -0.3 is 5.32 Å². The van der Waals surface area contributed by atoms with E-state index < -0.39 is 0 Å². The normalized spacial score (nSPS) is 27.5. The maximum absolute atomic E-state index is 12.3. The molecule has 3 aliphatic rings. The number of rotatable bonds is 3. The van der Waals surface area contributed by atoms with Gasteiger partial charge in [0.25, 0.3) is 0 Å². The Morgan fingerprint density at radius 2 is 1.55 bits per heavy atom. The Bertz CT molecular complexity index is 365. The third-order valence-corrected chi connectivity index (χ3v) is 5.17. The number of nitrogens with one attached hydrogen (secondary N) is 1. The number of hydrogen-bond acceptors (Lipinski definition) is 4. The van der Waals surface area contributed by atoms with Crippen LogP contribution in [-0.2, 0) is 9.59 Å². The van der Waals surface area contributed by atoms with Crippen molar-refractivity contribution in [2.75, 3.05) is 39.3 Å². The monoisotopic (exact) mass is 279 g/mol. The maximum Gasteiger partial charge on any atom is 0.229 e. The second kappa shape index (κ2) is 5.82. The van der Waals surface area contributed by atoms with Crippen LogP contribution in [0.4, 0.5) is 0 Å². The summed E-state index contributed by atoms with van der Waals surface area (Å²) >= 11 is 0. The molecule has 5 heteroatoms. The third kappa shape index (κ3) is 2.88. The summed E-state index contributed by atoms with van der Waals surface area (Å²) in [4.78, 5) is 28.5. The van der Waals surface area contributed by atoms with Crippen LogP contribution in [0.3, 0.4) is 0 Å². The Morgan fingerprint density at radius 1 is 0.950 bits per heavy atom. The van der Waals surface area contributed by atoms with Crippen LogP contribution in [0, 0.1) is 5.41 Å². The molecule has 3 fully saturated rings. The second-order valence-corrected chi connectivity index (χ2v) is 6.59. The minimum atomic E-state index is 0.0275. The number of piperazine rings is 1. The molecule has 0 aromatic carbocycles. The molecule has 1 N–H and O–H groups in total. The molecule has 0 bridgehead atoms. The molecular weight excluding hydrogens is 254 g/mol. The Morgan fingerprint density at radius 3 is 2.15 bits per heavy atom. The Hall–Kier alpha value is -0.940. The lowest BCUT2D eigenvalue weighted by atomic mass is 9.76. The minimum absolute atomic E-state index is 0.0275. The van der Waals surface area contributed by atoms with Gasteiger partial charge in [0.15, 0.2) is 0 Å². The highest BCUT2D eigenvalue weighted by molar-refractivity contribution is 5.98. The average molecular weight is 279 g/mol. The predicted molar refractivity (Wildman–Crippen MR) is 76.2 cm³/mol. The summed E-state index contributed by atoms with van der Waals surface area (Å²) in [7, 11) is 0. The fraction of sp³-hybridized carbons (Fsp3) is 0.867. The molecule has 1 spiro atoms. The van der Waals surface area contributed by atoms with Crippen LogP contribution < -0.4 is 5.32 Å². The van der Waals surface area contributed by atoms with Crippen molar-refractivity contribution in [3.05, 3.63) is 0 Å². The van der Waals surface area contributed by atoms with Crippen molar-refractivity contribution in [2.24, 2.45) is 5.41 Å². The molecule has 2 aliphatic heterocycles. The summed E-state index contributed by atoms with van der Waals surface area (Å²) in [6.07, 6.45) is 5.69. The van der Waals surface area contributed by atoms with Crippen molar-refractivity contribution >= 4 is 11.8 Å². The van der Waals surface area contributed by atoms with Gasteiger partial charge in [-0.1, -0.05) is 12.8 Å². The van der Waals surface area contributed by atoms with Crippen LogP contribution in [-0.4, -0.2) is 60.9 Å². The zero-order chi connectivity index (χ0) is 14.0. The molecule has 2 amide bonds. The Balaban J connectivity index is 1.54. The number of likely N-dealkylation sites (tertiary alicyclic amines) is 1. The molecule has 3 rings (SSSR count). The van der Waals surface area contributed by atoms with Gasteiger partial charge in [-0.15, -0.1) is 0 Å². The molecule has 5 nitrogen and oxygen atoms in total. The van der Waals surface area contributed by atoms with Crippen LogP contribution >= 0.6 is 0 Å². The van der Waals surface area contributed by atoms with E-state index in [0.29, 0.717) is 19.4 Å². The zero-order valence-corrected chi connectivity index (χ0v) is 12.2. The van der Waals surface area contributed by atoms with Gasteiger partial charge in [-0.3, -0.25) is 19.4 Å². The molecule has 2 heterocycles. The molecular formula is C15H25N3O2. The van der Waals surface area contributed by atoms with E-state index in [1.54, 1.807) is 0 Å². The maximum atomic E-state index is 12.3. The van der Waals surface area contributed by atoms with Gasteiger partial charge in [0.1, 0.15) is 0 Å². The van der Waals surface area contributed by atoms with Crippen LogP contribution in [0.25, 0.3) is 0 Å². The van der Waals surface area contributed by atoms with Gasteiger partial charge in [-0.05, 0) is 18.3 Å². The number of hydrogen-bond donors (Lipinski definition) is 1. The van der Waals surface area contributed by atoms with Gasteiger partial charge in [0, 0.05) is 52.1 Å². The molecule has 1 aliphatic carbocycles. The first-order valence-electron chi connectivity index (χ1n) is 7.95. The highest BCUT2D eigenvalue weighted by Gasteiger charge is 2.44. The van der Waals surface area contributed by atoms with Gasteiger partial charge in [-0.2, -0.15) is 0 Å². The standard InChI is InChI=1S/C15H25N3O2/c19-13-11-15(3-1-2-4-15)12-14(20)18(13)10-9-17-7-5-16-6-8-17/h16H,1-12H2. The van der Waals surface area contributed by atoms with Crippen molar-refractivity contribution in [1.82, 2.24) is 15.1 Å². The van der Waals surface area contributed by atoms with Crippen molar-refractivity contribution < 1.29 is 9.59 Å². The summed E-state index contributed by atoms with van der Waals surface area (Å²) < 4.78 is 0. The smallest absolute Gasteiger partial charge is 0.229 e. The molecule has 1 saturated carbocycles. The molecule has 0 aromatic rings. The minimum Gasteiger partial charge on any atom is -0.314 e. The topological polar surface area (TPSA) is 52.7 Å². The van der Waals surface area contributed by atoms with Crippen molar-refractivity contribution in [2.45, 2.75) is 38.5 Å². The van der Waals surface area contributed by atoms with Gasteiger partial charge >= 0.3 is 0 Å². The quantitative estimate of drug-likeness (QED) is 0.769. The lowest BCUT2D eigenvalue weighted by molar-refractivity contribution is -0.153. The number of carbonyl (C=O) groups is 2. The fourth-order valence-corrected chi connectivity index (χ4v) is 3.94. The van der Waals surface area contributed by atoms with E-state index in [9.17, 15) is 9.59 Å². The number of piperidine rings is 1. The van der Waals surface area contributed by atoms with E-state index in [2.05, 4.69) is 10.2 Å².